The molecule has 5 N–H and O–H groups in total. The minimum Gasteiger partial charge on any atom is -0.391 e. The van der Waals surface area contributed by atoms with Gasteiger partial charge in [0.25, 0.3) is 0 Å². The first-order chi connectivity index (χ1) is 5.80. The average molecular weight is 188 g/mol. The Morgan fingerprint density at radius 2 is 1.23 bits per heavy atom. The van der Waals surface area contributed by atoms with Crippen LogP contribution in [0.3, 0.4) is 0 Å². The normalized spacial score (nSPS) is 29.1. The minimum atomic E-state index is -0.500. The molecule has 1 saturated carbocycles. The van der Waals surface area contributed by atoms with Gasteiger partial charge in [-0.25, -0.2) is 0 Å². The van der Waals surface area contributed by atoms with E-state index in [0.717, 1.165) is 12.8 Å². The Morgan fingerprint density at radius 1 is 1.00 bits per heavy atom. The van der Waals surface area contributed by atoms with Crippen LogP contribution in [-0.4, -0.2) is 22.8 Å². The Balaban J connectivity index is 0.000000252. The summed E-state index contributed by atoms with van der Waals surface area (Å²) in [4.78, 5) is 0. The Hall–Kier alpha value is -0.120. The summed E-state index contributed by atoms with van der Waals surface area (Å²) in [5.74, 6) is 0. The van der Waals surface area contributed by atoms with Crippen molar-refractivity contribution in [2.75, 3.05) is 0 Å². The molecule has 1 rings (SSSR count). The van der Waals surface area contributed by atoms with E-state index in [1.54, 1.807) is 20.8 Å². The molecule has 3 heteroatoms. The van der Waals surface area contributed by atoms with Crippen LogP contribution in [0.4, 0.5) is 0 Å². The first kappa shape index (κ1) is 12.9. The Morgan fingerprint density at radius 3 is 1.38 bits per heavy atom. The maximum atomic E-state index is 8.52. The van der Waals surface area contributed by atoms with Crippen molar-refractivity contribution < 1.29 is 5.11 Å². The summed E-state index contributed by atoms with van der Waals surface area (Å²) in [6.45, 7) is 5.23. The van der Waals surface area contributed by atoms with Crippen LogP contribution in [0, 0.1) is 0 Å². The van der Waals surface area contributed by atoms with Crippen LogP contribution in [0.5, 0.6) is 0 Å². The highest BCUT2D eigenvalue weighted by molar-refractivity contribution is 4.79. The third-order valence-electron chi connectivity index (χ3n) is 1.87. The predicted molar refractivity (Wildman–Crippen MR) is 56.4 cm³/mol. The second-order valence-electron chi connectivity index (χ2n) is 4.78. The van der Waals surface area contributed by atoms with Crippen LogP contribution >= 0.6 is 0 Å². The summed E-state index contributed by atoms with van der Waals surface area (Å²) in [6, 6.07) is 0.562. The van der Waals surface area contributed by atoms with E-state index in [2.05, 4.69) is 0 Å². The van der Waals surface area contributed by atoms with Crippen molar-refractivity contribution in [1.29, 1.82) is 0 Å². The topological polar surface area (TPSA) is 72.3 Å². The molecular formula is C10H24N2O. The number of rotatable bonds is 0. The van der Waals surface area contributed by atoms with Crippen molar-refractivity contribution in [3.05, 3.63) is 0 Å². The monoisotopic (exact) mass is 188 g/mol. The second kappa shape index (κ2) is 5.58. The van der Waals surface area contributed by atoms with Crippen LogP contribution in [-0.2, 0) is 0 Å². The van der Waals surface area contributed by atoms with Gasteiger partial charge in [-0.1, -0.05) is 12.8 Å². The lowest BCUT2D eigenvalue weighted by Crippen LogP contribution is -2.43. The Labute approximate surface area is 81.5 Å². The summed E-state index contributed by atoms with van der Waals surface area (Å²) in [7, 11) is 0. The average Bonchev–Trinajstić information content (AvgIpc) is 1.92. The van der Waals surface area contributed by atoms with Gasteiger partial charge in [0, 0.05) is 12.1 Å². The largest absolute Gasteiger partial charge is 0.391 e. The number of hydrogen-bond acceptors (Lipinski definition) is 3. The first-order valence-corrected chi connectivity index (χ1v) is 5.04. The van der Waals surface area contributed by atoms with Crippen molar-refractivity contribution in [3.8, 4) is 0 Å². The SMILES string of the molecule is CC(C)(C)O.NC1CCCCC1N. The molecule has 0 radical (unpaired) electrons. The molecule has 1 aliphatic rings. The predicted octanol–water partition coefficient (Wildman–Crippen LogP) is 0.992. The van der Waals surface area contributed by atoms with Gasteiger partial charge in [0.15, 0.2) is 0 Å². The van der Waals surface area contributed by atoms with Crippen molar-refractivity contribution in [1.82, 2.24) is 0 Å². The van der Waals surface area contributed by atoms with Gasteiger partial charge in [0.2, 0.25) is 0 Å². The van der Waals surface area contributed by atoms with E-state index < -0.39 is 5.60 Å². The summed E-state index contributed by atoms with van der Waals surface area (Å²) >= 11 is 0. The van der Waals surface area contributed by atoms with E-state index in [1.807, 2.05) is 0 Å². The fourth-order valence-corrected chi connectivity index (χ4v) is 1.19. The minimum absolute atomic E-state index is 0.281. The molecule has 0 amide bonds. The van der Waals surface area contributed by atoms with E-state index in [0.29, 0.717) is 0 Å². The van der Waals surface area contributed by atoms with Gasteiger partial charge in [-0.2, -0.15) is 0 Å². The summed E-state index contributed by atoms with van der Waals surface area (Å²) < 4.78 is 0. The summed E-state index contributed by atoms with van der Waals surface area (Å²) in [5, 5.41) is 8.52. The van der Waals surface area contributed by atoms with Crippen molar-refractivity contribution >= 4 is 0 Å². The van der Waals surface area contributed by atoms with Gasteiger partial charge in [-0.3, -0.25) is 0 Å². The molecule has 0 saturated heterocycles. The number of nitrogens with two attached hydrogens (primary N) is 2. The summed E-state index contributed by atoms with van der Waals surface area (Å²) in [5.41, 5.74) is 10.8. The van der Waals surface area contributed by atoms with Crippen LogP contribution in [0.25, 0.3) is 0 Å². The lowest BCUT2D eigenvalue weighted by Gasteiger charge is -2.24. The molecular weight excluding hydrogens is 164 g/mol. The molecule has 0 aromatic rings. The fourth-order valence-electron chi connectivity index (χ4n) is 1.19. The smallest absolute Gasteiger partial charge is 0.0563 e. The molecule has 1 fully saturated rings. The van der Waals surface area contributed by atoms with Gasteiger partial charge in [0.05, 0.1) is 5.60 Å². The van der Waals surface area contributed by atoms with E-state index in [4.69, 9.17) is 16.6 Å². The number of hydrogen-bond donors (Lipinski definition) is 3. The lowest BCUT2D eigenvalue weighted by atomic mass is 9.92. The standard InChI is InChI=1S/C6H14N2.C4H10O/c7-5-3-1-2-4-6(5)8;1-4(2,3)5/h5-6H,1-4,7-8H2;5H,1-3H3. The zero-order valence-corrected chi connectivity index (χ0v) is 9.09. The molecule has 0 aromatic carbocycles. The zero-order chi connectivity index (χ0) is 10.5. The maximum Gasteiger partial charge on any atom is 0.0563 e. The molecule has 80 valence electrons. The van der Waals surface area contributed by atoms with Gasteiger partial charge in [-0.05, 0) is 33.6 Å². The lowest BCUT2D eigenvalue weighted by molar-refractivity contribution is 0.102. The first-order valence-electron chi connectivity index (χ1n) is 5.04. The highest BCUT2D eigenvalue weighted by Crippen LogP contribution is 2.14. The molecule has 3 nitrogen and oxygen atoms in total. The molecule has 0 spiro atoms. The Kier molecular flexibility index (Phi) is 5.53. The van der Waals surface area contributed by atoms with E-state index in [1.165, 1.54) is 12.8 Å². The van der Waals surface area contributed by atoms with Gasteiger partial charge in [-0.15, -0.1) is 0 Å². The van der Waals surface area contributed by atoms with Crippen LogP contribution in [0.15, 0.2) is 0 Å². The highest BCUT2D eigenvalue weighted by Gasteiger charge is 2.16. The van der Waals surface area contributed by atoms with Crippen LogP contribution < -0.4 is 11.5 Å². The van der Waals surface area contributed by atoms with E-state index in [-0.39, 0.29) is 12.1 Å². The molecule has 0 aliphatic heterocycles. The van der Waals surface area contributed by atoms with Crippen molar-refractivity contribution in [2.45, 2.75) is 64.1 Å². The third kappa shape index (κ3) is 9.80. The molecule has 0 aromatic heterocycles. The molecule has 0 bridgehead atoms. The third-order valence-corrected chi connectivity index (χ3v) is 1.87. The fraction of sp³-hybridized carbons (Fsp3) is 1.00. The summed E-state index contributed by atoms with van der Waals surface area (Å²) in [6.07, 6.45) is 4.80. The quantitative estimate of drug-likeness (QED) is 0.531. The molecule has 2 unspecified atom stereocenters. The highest BCUT2D eigenvalue weighted by atomic mass is 16.3. The molecule has 0 heterocycles. The van der Waals surface area contributed by atoms with Crippen LogP contribution in [0.2, 0.25) is 0 Å². The van der Waals surface area contributed by atoms with Crippen molar-refractivity contribution in [2.24, 2.45) is 11.5 Å². The molecule has 2 atom stereocenters. The molecule has 13 heavy (non-hydrogen) atoms. The molecule has 1 aliphatic carbocycles. The van der Waals surface area contributed by atoms with Gasteiger partial charge in [0.1, 0.15) is 0 Å². The number of aliphatic hydroxyl groups is 1. The Bertz CT molecular complexity index is 115. The maximum absolute atomic E-state index is 8.52. The van der Waals surface area contributed by atoms with Gasteiger partial charge < -0.3 is 16.6 Å². The van der Waals surface area contributed by atoms with E-state index >= 15 is 0 Å². The van der Waals surface area contributed by atoms with E-state index in [9.17, 15) is 0 Å². The van der Waals surface area contributed by atoms with Crippen LogP contribution in [0.1, 0.15) is 46.5 Å². The van der Waals surface area contributed by atoms with Crippen molar-refractivity contribution in [3.63, 3.8) is 0 Å². The second-order valence-corrected chi connectivity index (χ2v) is 4.78. The van der Waals surface area contributed by atoms with Gasteiger partial charge >= 0.3 is 0 Å². The zero-order valence-electron chi connectivity index (χ0n) is 9.09.